The van der Waals surface area contributed by atoms with Crippen LogP contribution in [0, 0.1) is 0 Å². The van der Waals surface area contributed by atoms with Crippen LogP contribution in [0.1, 0.15) is 20.3 Å². The second-order valence-electron chi connectivity index (χ2n) is 3.64. The third kappa shape index (κ3) is 4.44. The SMILES string of the molecule is CC(C)N(C)S(=O)(=O)N[C@@H](CCO)C(=O)O. The molecule has 0 aromatic carbocycles. The molecule has 0 saturated heterocycles. The Bertz CT molecular complexity index is 327. The average molecular weight is 254 g/mol. The van der Waals surface area contributed by atoms with E-state index in [0.717, 1.165) is 4.31 Å². The fraction of sp³-hybridized carbons (Fsp3) is 0.875. The summed E-state index contributed by atoms with van der Waals surface area (Å²) >= 11 is 0. The standard InChI is InChI=1S/C8H18N2O5S/c1-6(2)10(3)16(14,15)9-7(4-5-11)8(12)13/h6-7,9,11H,4-5H2,1-3H3,(H,12,13)/t7-/m0/s1. The molecule has 0 aromatic rings. The number of aliphatic hydroxyl groups is 1. The number of hydrogen-bond donors (Lipinski definition) is 3. The molecule has 0 unspecified atom stereocenters. The quantitative estimate of drug-likeness (QED) is 0.540. The number of aliphatic hydroxyl groups excluding tert-OH is 1. The van der Waals surface area contributed by atoms with Gasteiger partial charge >= 0.3 is 5.97 Å². The van der Waals surface area contributed by atoms with Gasteiger partial charge in [0.2, 0.25) is 0 Å². The first-order valence-corrected chi connectivity index (χ1v) is 6.25. The highest BCUT2D eigenvalue weighted by molar-refractivity contribution is 7.87. The maximum atomic E-state index is 11.6. The molecule has 0 fully saturated rings. The van der Waals surface area contributed by atoms with Crippen LogP contribution in [0.25, 0.3) is 0 Å². The van der Waals surface area contributed by atoms with Crippen molar-refractivity contribution in [3.8, 4) is 0 Å². The van der Waals surface area contributed by atoms with Crippen molar-refractivity contribution in [2.75, 3.05) is 13.7 Å². The lowest BCUT2D eigenvalue weighted by atomic mass is 10.2. The summed E-state index contributed by atoms with van der Waals surface area (Å²) < 4.78 is 26.3. The molecule has 0 heterocycles. The van der Waals surface area contributed by atoms with E-state index >= 15 is 0 Å². The van der Waals surface area contributed by atoms with Crippen molar-refractivity contribution in [2.24, 2.45) is 0 Å². The summed E-state index contributed by atoms with van der Waals surface area (Å²) in [5.41, 5.74) is 0. The largest absolute Gasteiger partial charge is 0.480 e. The molecule has 0 radical (unpaired) electrons. The molecule has 0 bridgehead atoms. The number of hydrogen-bond acceptors (Lipinski definition) is 4. The third-order valence-corrected chi connectivity index (χ3v) is 3.88. The van der Waals surface area contributed by atoms with Gasteiger partial charge in [0.15, 0.2) is 0 Å². The zero-order valence-electron chi connectivity index (χ0n) is 9.54. The Morgan fingerprint density at radius 3 is 2.25 bits per heavy atom. The minimum Gasteiger partial charge on any atom is -0.480 e. The van der Waals surface area contributed by atoms with Gasteiger partial charge in [0, 0.05) is 19.7 Å². The fourth-order valence-electron chi connectivity index (χ4n) is 0.902. The Kier molecular flexibility index (Phi) is 5.87. The predicted octanol–water partition coefficient (Wildman–Crippen LogP) is -1.00. The molecule has 8 heteroatoms. The molecule has 0 aliphatic rings. The lowest BCUT2D eigenvalue weighted by Gasteiger charge is -2.23. The molecule has 0 rings (SSSR count). The molecule has 3 N–H and O–H groups in total. The van der Waals surface area contributed by atoms with E-state index < -0.39 is 28.8 Å². The van der Waals surface area contributed by atoms with Gasteiger partial charge in [-0.2, -0.15) is 17.4 Å². The van der Waals surface area contributed by atoms with Crippen molar-refractivity contribution in [2.45, 2.75) is 32.4 Å². The molecule has 1 atom stereocenters. The van der Waals surface area contributed by atoms with Crippen LogP contribution in [0.3, 0.4) is 0 Å². The molecule has 0 aliphatic heterocycles. The lowest BCUT2D eigenvalue weighted by molar-refractivity contribution is -0.139. The molecule has 0 spiro atoms. The Morgan fingerprint density at radius 2 is 1.94 bits per heavy atom. The number of carboxylic acid groups (broad SMARTS) is 1. The number of nitrogens with one attached hydrogen (secondary N) is 1. The van der Waals surface area contributed by atoms with Crippen LogP contribution in [0.5, 0.6) is 0 Å². The van der Waals surface area contributed by atoms with Crippen molar-refractivity contribution in [3.05, 3.63) is 0 Å². The molecule has 0 saturated carbocycles. The zero-order valence-corrected chi connectivity index (χ0v) is 10.4. The summed E-state index contributed by atoms with van der Waals surface area (Å²) in [5, 5.41) is 17.3. The summed E-state index contributed by atoms with van der Waals surface area (Å²) in [6.07, 6.45) is -0.166. The summed E-state index contributed by atoms with van der Waals surface area (Å²) in [6, 6.07) is -1.59. The average Bonchev–Trinajstić information content (AvgIpc) is 2.15. The highest BCUT2D eigenvalue weighted by atomic mass is 32.2. The van der Waals surface area contributed by atoms with Crippen molar-refractivity contribution in [3.63, 3.8) is 0 Å². The van der Waals surface area contributed by atoms with E-state index in [0.29, 0.717) is 0 Å². The molecule has 0 amide bonds. The second-order valence-corrected chi connectivity index (χ2v) is 5.40. The van der Waals surface area contributed by atoms with Gasteiger partial charge in [-0.25, -0.2) is 0 Å². The number of aliphatic carboxylic acids is 1. The Morgan fingerprint density at radius 1 is 1.44 bits per heavy atom. The summed E-state index contributed by atoms with van der Waals surface area (Å²) in [5.74, 6) is -1.31. The van der Waals surface area contributed by atoms with Gasteiger partial charge in [-0.15, -0.1) is 0 Å². The molecular formula is C8H18N2O5S. The topological polar surface area (TPSA) is 107 Å². The van der Waals surface area contributed by atoms with Crippen LogP contribution in [-0.4, -0.2) is 54.6 Å². The maximum absolute atomic E-state index is 11.6. The van der Waals surface area contributed by atoms with Gasteiger partial charge in [-0.05, 0) is 20.3 Å². The fourth-order valence-corrected chi connectivity index (χ4v) is 2.20. The van der Waals surface area contributed by atoms with Crippen LogP contribution in [0.4, 0.5) is 0 Å². The van der Waals surface area contributed by atoms with Gasteiger partial charge in [-0.1, -0.05) is 0 Å². The van der Waals surface area contributed by atoms with E-state index in [1.807, 2.05) is 4.72 Å². The monoisotopic (exact) mass is 254 g/mol. The number of carboxylic acids is 1. The Balaban J connectivity index is 4.73. The van der Waals surface area contributed by atoms with Crippen LogP contribution in [0.2, 0.25) is 0 Å². The van der Waals surface area contributed by atoms with Crippen molar-refractivity contribution < 1.29 is 23.4 Å². The predicted molar refractivity (Wildman–Crippen MR) is 58.1 cm³/mol. The van der Waals surface area contributed by atoms with E-state index in [-0.39, 0.29) is 12.5 Å². The third-order valence-electron chi connectivity index (χ3n) is 2.11. The van der Waals surface area contributed by atoms with Crippen LogP contribution >= 0.6 is 0 Å². The second kappa shape index (κ2) is 6.14. The first-order valence-electron chi connectivity index (χ1n) is 4.81. The van der Waals surface area contributed by atoms with E-state index in [9.17, 15) is 13.2 Å². The van der Waals surface area contributed by atoms with Gasteiger partial charge in [0.05, 0.1) is 0 Å². The molecule has 7 nitrogen and oxygen atoms in total. The Labute approximate surface area is 95.2 Å². The van der Waals surface area contributed by atoms with Crippen LogP contribution < -0.4 is 4.72 Å². The van der Waals surface area contributed by atoms with Gasteiger partial charge in [0.1, 0.15) is 6.04 Å². The summed E-state index contributed by atoms with van der Waals surface area (Å²) in [7, 11) is -2.48. The van der Waals surface area contributed by atoms with Crippen LogP contribution in [0.15, 0.2) is 0 Å². The van der Waals surface area contributed by atoms with Gasteiger partial charge < -0.3 is 10.2 Å². The maximum Gasteiger partial charge on any atom is 0.321 e. The van der Waals surface area contributed by atoms with Crippen molar-refractivity contribution >= 4 is 16.2 Å². The first-order chi connectivity index (χ1) is 7.22. The molecular weight excluding hydrogens is 236 g/mol. The van der Waals surface area contributed by atoms with E-state index in [1.165, 1.54) is 7.05 Å². The van der Waals surface area contributed by atoms with Gasteiger partial charge in [-0.3, -0.25) is 4.79 Å². The lowest BCUT2D eigenvalue weighted by Crippen LogP contribution is -2.49. The van der Waals surface area contributed by atoms with Crippen molar-refractivity contribution in [1.29, 1.82) is 0 Å². The molecule has 0 aliphatic carbocycles. The van der Waals surface area contributed by atoms with E-state index in [4.69, 9.17) is 10.2 Å². The Hall–Kier alpha value is -0.700. The van der Waals surface area contributed by atoms with Gasteiger partial charge in [0.25, 0.3) is 10.2 Å². The minimum atomic E-state index is -3.83. The smallest absolute Gasteiger partial charge is 0.321 e. The summed E-state index contributed by atoms with van der Waals surface area (Å²) in [4.78, 5) is 10.7. The summed E-state index contributed by atoms with van der Waals surface area (Å²) in [6.45, 7) is 2.94. The first kappa shape index (κ1) is 15.3. The molecule has 16 heavy (non-hydrogen) atoms. The molecule has 96 valence electrons. The number of rotatable bonds is 7. The minimum absolute atomic E-state index is 0.166. The number of nitrogens with zero attached hydrogens (tertiary/aromatic N) is 1. The highest BCUT2D eigenvalue weighted by Crippen LogP contribution is 2.03. The normalized spacial score (nSPS) is 14.4. The highest BCUT2D eigenvalue weighted by Gasteiger charge is 2.27. The van der Waals surface area contributed by atoms with Crippen LogP contribution in [-0.2, 0) is 15.0 Å². The molecule has 0 aromatic heterocycles. The van der Waals surface area contributed by atoms with E-state index in [1.54, 1.807) is 13.8 Å². The van der Waals surface area contributed by atoms with Crippen molar-refractivity contribution in [1.82, 2.24) is 9.03 Å². The number of carbonyl (C=O) groups is 1. The van der Waals surface area contributed by atoms with E-state index in [2.05, 4.69) is 0 Å². The zero-order chi connectivity index (χ0) is 12.9.